The number of benzene rings is 1. The summed E-state index contributed by atoms with van der Waals surface area (Å²) in [7, 11) is 1.50. The minimum Gasteiger partial charge on any atom is -0.497 e. The van der Waals surface area contributed by atoms with Gasteiger partial charge in [-0.2, -0.15) is 0 Å². The van der Waals surface area contributed by atoms with Gasteiger partial charge in [0.1, 0.15) is 5.75 Å². The first-order valence-electron chi connectivity index (χ1n) is 5.30. The maximum atomic E-state index is 13.7. The standard InChI is InChI=1S/C12H16FNO3.ClH/c1-3-17-12(15)10(13)11(14)8-5-4-6-9(7-8)16-2;/h4-7,10-11H,3,14H2,1-2H3;1H/t10?,11-;/m0./s1. The lowest BCUT2D eigenvalue weighted by Gasteiger charge is -2.16. The molecular formula is C12H17ClFNO3. The van der Waals surface area contributed by atoms with Gasteiger partial charge in [0, 0.05) is 0 Å². The molecule has 0 spiro atoms. The largest absolute Gasteiger partial charge is 0.497 e. The van der Waals surface area contributed by atoms with Gasteiger partial charge in [-0.05, 0) is 24.6 Å². The molecular weight excluding hydrogens is 261 g/mol. The van der Waals surface area contributed by atoms with Crippen molar-refractivity contribution in [3.63, 3.8) is 0 Å². The van der Waals surface area contributed by atoms with Gasteiger partial charge in [0.25, 0.3) is 0 Å². The number of carbonyl (C=O) groups is 1. The van der Waals surface area contributed by atoms with Crippen LogP contribution >= 0.6 is 12.4 Å². The molecule has 2 atom stereocenters. The molecule has 1 rings (SSSR count). The van der Waals surface area contributed by atoms with Crippen LogP contribution < -0.4 is 10.5 Å². The first-order valence-corrected chi connectivity index (χ1v) is 5.30. The molecule has 6 heteroatoms. The minimum atomic E-state index is -1.87. The third-order valence-electron chi connectivity index (χ3n) is 2.31. The molecule has 0 heterocycles. The molecule has 2 N–H and O–H groups in total. The SMILES string of the molecule is CCOC(=O)C(F)[C@@H](N)c1cccc(OC)c1.Cl. The number of carbonyl (C=O) groups excluding carboxylic acids is 1. The third kappa shape index (κ3) is 4.16. The Hall–Kier alpha value is -1.33. The van der Waals surface area contributed by atoms with Crippen molar-refractivity contribution in [2.75, 3.05) is 13.7 Å². The molecule has 0 aliphatic heterocycles. The van der Waals surface area contributed by atoms with Gasteiger partial charge in [-0.15, -0.1) is 12.4 Å². The number of halogens is 2. The van der Waals surface area contributed by atoms with Gasteiger partial charge in [-0.3, -0.25) is 0 Å². The zero-order valence-electron chi connectivity index (χ0n) is 10.3. The number of methoxy groups -OCH3 is 1. The summed E-state index contributed by atoms with van der Waals surface area (Å²) in [6.07, 6.45) is -1.87. The summed E-state index contributed by atoms with van der Waals surface area (Å²) in [5.41, 5.74) is 6.15. The number of rotatable bonds is 5. The van der Waals surface area contributed by atoms with Crippen LogP contribution in [0.4, 0.5) is 4.39 Å². The van der Waals surface area contributed by atoms with Crippen molar-refractivity contribution in [3.05, 3.63) is 29.8 Å². The second-order valence-corrected chi connectivity index (χ2v) is 3.46. The molecule has 1 aromatic carbocycles. The summed E-state index contributed by atoms with van der Waals surface area (Å²) in [4.78, 5) is 11.2. The van der Waals surface area contributed by atoms with E-state index in [9.17, 15) is 9.18 Å². The predicted octanol–water partition coefficient (Wildman–Crippen LogP) is 2.02. The van der Waals surface area contributed by atoms with Crippen molar-refractivity contribution in [2.45, 2.75) is 19.1 Å². The lowest BCUT2D eigenvalue weighted by atomic mass is 10.0. The Kier molecular flexibility index (Phi) is 7.31. The Morgan fingerprint density at radius 2 is 2.17 bits per heavy atom. The van der Waals surface area contributed by atoms with Crippen molar-refractivity contribution < 1.29 is 18.7 Å². The van der Waals surface area contributed by atoms with Crippen molar-refractivity contribution in [2.24, 2.45) is 5.73 Å². The second kappa shape index (κ2) is 7.89. The normalized spacial score (nSPS) is 13.1. The fraction of sp³-hybridized carbons (Fsp3) is 0.417. The Bertz CT molecular complexity index is 389. The van der Waals surface area contributed by atoms with Crippen LogP contribution in [0.25, 0.3) is 0 Å². The van der Waals surface area contributed by atoms with E-state index in [0.29, 0.717) is 11.3 Å². The van der Waals surface area contributed by atoms with E-state index in [1.807, 2.05) is 0 Å². The molecule has 0 amide bonds. The van der Waals surface area contributed by atoms with E-state index < -0.39 is 18.2 Å². The molecule has 0 radical (unpaired) electrons. The van der Waals surface area contributed by atoms with Gasteiger partial charge in [-0.1, -0.05) is 12.1 Å². The fourth-order valence-electron chi connectivity index (χ4n) is 1.39. The van der Waals surface area contributed by atoms with Crippen LogP contribution in [0.3, 0.4) is 0 Å². The Labute approximate surface area is 112 Å². The van der Waals surface area contributed by atoms with Crippen LogP contribution in [0.2, 0.25) is 0 Å². The van der Waals surface area contributed by atoms with Gasteiger partial charge in [0.2, 0.25) is 6.17 Å². The summed E-state index contributed by atoms with van der Waals surface area (Å²) in [5.74, 6) is -0.378. The van der Waals surface area contributed by atoms with E-state index in [1.54, 1.807) is 31.2 Å². The molecule has 102 valence electrons. The van der Waals surface area contributed by atoms with E-state index in [0.717, 1.165) is 0 Å². The van der Waals surface area contributed by atoms with E-state index in [2.05, 4.69) is 4.74 Å². The molecule has 0 aliphatic carbocycles. The van der Waals surface area contributed by atoms with E-state index in [1.165, 1.54) is 7.11 Å². The highest BCUT2D eigenvalue weighted by atomic mass is 35.5. The van der Waals surface area contributed by atoms with Crippen LogP contribution in [-0.2, 0) is 9.53 Å². The molecule has 0 bridgehead atoms. The van der Waals surface area contributed by atoms with Crippen molar-refractivity contribution in [1.29, 1.82) is 0 Å². The molecule has 0 saturated carbocycles. The molecule has 0 saturated heterocycles. The third-order valence-corrected chi connectivity index (χ3v) is 2.31. The highest BCUT2D eigenvalue weighted by Gasteiger charge is 2.27. The molecule has 18 heavy (non-hydrogen) atoms. The lowest BCUT2D eigenvalue weighted by Crippen LogP contribution is -2.31. The van der Waals surface area contributed by atoms with Crippen molar-refractivity contribution >= 4 is 18.4 Å². The number of alkyl halides is 1. The number of esters is 1. The Morgan fingerprint density at radius 1 is 1.50 bits per heavy atom. The van der Waals surface area contributed by atoms with Crippen LogP contribution in [0.1, 0.15) is 18.5 Å². The smallest absolute Gasteiger partial charge is 0.342 e. The molecule has 0 aromatic heterocycles. The first kappa shape index (κ1) is 16.7. The van der Waals surface area contributed by atoms with Crippen LogP contribution in [-0.4, -0.2) is 25.9 Å². The van der Waals surface area contributed by atoms with E-state index >= 15 is 0 Å². The molecule has 4 nitrogen and oxygen atoms in total. The second-order valence-electron chi connectivity index (χ2n) is 3.46. The monoisotopic (exact) mass is 277 g/mol. The zero-order chi connectivity index (χ0) is 12.8. The van der Waals surface area contributed by atoms with Gasteiger partial charge < -0.3 is 15.2 Å². The first-order chi connectivity index (χ1) is 8.10. The van der Waals surface area contributed by atoms with Crippen molar-refractivity contribution in [1.82, 2.24) is 0 Å². The molecule has 0 fully saturated rings. The number of ether oxygens (including phenoxy) is 2. The predicted molar refractivity (Wildman–Crippen MR) is 68.7 cm³/mol. The van der Waals surface area contributed by atoms with Gasteiger partial charge in [0.05, 0.1) is 19.8 Å². The fourth-order valence-corrected chi connectivity index (χ4v) is 1.39. The van der Waals surface area contributed by atoms with Gasteiger partial charge >= 0.3 is 5.97 Å². The molecule has 1 aromatic rings. The maximum Gasteiger partial charge on any atom is 0.342 e. The number of hydrogen-bond acceptors (Lipinski definition) is 4. The topological polar surface area (TPSA) is 61.5 Å². The summed E-state index contributed by atoms with van der Waals surface area (Å²) in [5, 5.41) is 0. The number of hydrogen-bond donors (Lipinski definition) is 1. The lowest BCUT2D eigenvalue weighted by molar-refractivity contribution is -0.149. The Balaban J connectivity index is 0.00000289. The van der Waals surface area contributed by atoms with Crippen LogP contribution in [0.15, 0.2) is 24.3 Å². The maximum absolute atomic E-state index is 13.7. The van der Waals surface area contributed by atoms with E-state index in [4.69, 9.17) is 10.5 Å². The average Bonchev–Trinajstić information content (AvgIpc) is 2.37. The highest BCUT2D eigenvalue weighted by molar-refractivity contribution is 5.85. The summed E-state index contributed by atoms with van der Waals surface area (Å²) in [6.45, 7) is 1.74. The van der Waals surface area contributed by atoms with Crippen LogP contribution in [0, 0.1) is 0 Å². The van der Waals surface area contributed by atoms with Gasteiger partial charge in [0.15, 0.2) is 0 Å². The zero-order valence-corrected chi connectivity index (χ0v) is 11.1. The average molecular weight is 278 g/mol. The quantitative estimate of drug-likeness (QED) is 0.837. The van der Waals surface area contributed by atoms with E-state index in [-0.39, 0.29) is 19.0 Å². The van der Waals surface area contributed by atoms with Gasteiger partial charge in [-0.25, -0.2) is 9.18 Å². The number of nitrogens with two attached hydrogens (primary N) is 1. The highest BCUT2D eigenvalue weighted by Crippen LogP contribution is 2.22. The molecule has 0 aliphatic rings. The summed E-state index contributed by atoms with van der Waals surface area (Å²) in [6, 6.07) is 5.58. The van der Waals surface area contributed by atoms with Crippen molar-refractivity contribution in [3.8, 4) is 5.75 Å². The van der Waals surface area contributed by atoms with Crippen LogP contribution in [0.5, 0.6) is 5.75 Å². The molecule has 1 unspecified atom stereocenters. The minimum absolute atomic E-state index is 0. The summed E-state index contributed by atoms with van der Waals surface area (Å²) < 4.78 is 23.2. The Morgan fingerprint density at radius 3 is 2.72 bits per heavy atom. The summed E-state index contributed by atoms with van der Waals surface area (Å²) >= 11 is 0.